The van der Waals surface area contributed by atoms with E-state index in [1.165, 1.54) is 0 Å². The van der Waals surface area contributed by atoms with Gasteiger partial charge in [-0.2, -0.15) is 0 Å². The summed E-state index contributed by atoms with van der Waals surface area (Å²) in [6.45, 7) is 2.68. The molecule has 4 aromatic rings. The first-order chi connectivity index (χ1) is 18.5. The maximum atomic E-state index is 13.8. The van der Waals surface area contributed by atoms with E-state index in [2.05, 4.69) is 12.2 Å². The summed E-state index contributed by atoms with van der Waals surface area (Å²) in [7, 11) is 0. The minimum Gasteiger partial charge on any atom is -0.483 e. The average molecular weight is 529 g/mol. The molecule has 1 N–H and O–H groups in total. The summed E-state index contributed by atoms with van der Waals surface area (Å²) in [6.07, 6.45) is 2.23. The van der Waals surface area contributed by atoms with Gasteiger partial charge in [0.25, 0.3) is 5.91 Å². The molecule has 0 unspecified atom stereocenters. The smallest absolute Gasteiger partial charge is 0.261 e. The molecule has 4 rings (SSSR count). The van der Waals surface area contributed by atoms with Crippen molar-refractivity contribution >= 4 is 34.2 Å². The summed E-state index contributed by atoms with van der Waals surface area (Å²) >= 11 is 6.25. The molecule has 0 aliphatic heterocycles. The Hall–Kier alpha value is -3.83. The summed E-state index contributed by atoms with van der Waals surface area (Å²) in [5.74, 6) is 0.179. The number of carbonyl (C=O) groups excluding carboxylic acids is 2. The predicted octanol–water partition coefficient (Wildman–Crippen LogP) is 6.43. The molecule has 0 heterocycles. The highest BCUT2D eigenvalue weighted by Crippen LogP contribution is 2.25. The van der Waals surface area contributed by atoms with Gasteiger partial charge in [-0.1, -0.05) is 104 Å². The van der Waals surface area contributed by atoms with Crippen LogP contribution in [-0.2, 0) is 22.6 Å². The van der Waals surface area contributed by atoms with Crippen LogP contribution < -0.4 is 10.1 Å². The van der Waals surface area contributed by atoms with Gasteiger partial charge >= 0.3 is 0 Å². The number of hydrogen-bond acceptors (Lipinski definition) is 3. The van der Waals surface area contributed by atoms with E-state index in [4.69, 9.17) is 16.3 Å². The molecule has 0 radical (unpaired) electrons. The Balaban J connectivity index is 1.63. The molecule has 196 valence electrons. The van der Waals surface area contributed by atoms with Gasteiger partial charge < -0.3 is 15.0 Å². The van der Waals surface area contributed by atoms with Crippen LogP contribution in [0, 0.1) is 0 Å². The molecule has 6 heteroatoms. The normalized spacial score (nSPS) is 11.6. The van der Waals surface area contributed by atoms with E-state index in [1.54, 1.807) is 11.0 Å². The van der Waals surface area contributed by atoms with Gasteiger partial charge in [0.15, 0.2) is 6.61 Å². The second-order valence-corrected chi connectivity index (χ2v) is 9.70. The highest BCUT2D eigenvalue weighted by Gasteiger charge is 2.30. The first kappa shape index (κ1) is 27.2. The highest BCUT2D eigenvalue weighted by atomic mass is 35.5. The summed E-state index contributed by atoms with van der Waals surface area (Å²) < 4.78 is 6.05. The Labute approximate surface area is 229 Å². The molecule has 0 aromatic heterocycles. The molecule has 5 nitrogen and oxygen atoms in total. The van der Waals surface area contributed by atoms with E-state index in [0.717, 1.165) is 34.7 Å². The largest absolute Gasteiger partial charge is 0.483 e. The van der Waals surface area contributed by atoms with E-state index >= 15 is 0 Å². The third-order valence-corrected chi connectivity index (χ3v) is 6.68. The van der Waals surface area contributed by atoms with Crippen LogP contribution in [-0.4, -0.2) is 35.9 Å². The zero-order valence-corrected chi connectivity index (χ0v) is 22.4. The number of halogens is 1. The molecule has 0 fully saturated rings. The molecule has 0 bridgehead atoms. The number of carbonyl (C=O) groups is 2. The van der Waals surface area contributed by atoms with Gasteiger partial charge in [0.05, 0.1) is 0 Å². The Bertz CT molecular complexity index is 1350. The Kier molecular flexibility index (Phi) is 9.77. The van der Waals surface area contributed by atoms with Crippen LogP contribution in [0.4, 0.5) is 0 Å². The molecule has 0 aliphatic rings. The average Bonchev–Trinajstić information content (AvgIpc) is 2.94. The first-order valence-corrected chi connectivity index (χ1v) is 13.4. The van der Waals surface area contributed by atoms with Crippen molar-refractivity contribution in [2.45, 2.75) is 38.8 Å². The maximum absolute atomic E-state index is 13.8. The lowest BCUT2D eigenvalue weighted by Gasteiger charge is -2.31. The van der Waals surface area contributed by atoms with E-state index in [1.807, 2.05) is 91.0 Å². The number of nitrogens with one attached hydrogen (secondary N) is 1. The number of unbranched alkanes of at least 4 members (excludes halogenated alkanes) is 1. The van der Waals surface area contributed by atoms with Gasteiger partial charge in [0.1, 0.15) is 11.8 Å². The molecule has 0 saturated carbocycles. The molecule has 4 aromatic carbocycles. The SMILES string of the molecule is CCCCNC(=O)[C@@H](Cc1ccccc1)N(Cc1cccc(Cl)c1)C(=O)COc1cccc2ccccc12. The number of nitrogens with zero attached hydrogens (tertiary/aromatic N) is 1. The lowest BCUT2D eigenvalue weighted by Crippen LogP contribution is -2.51. The van der Waals surface area contributed by atoms with Crippen molar-refractivity contribution in [3.05, 3.63) is 113 Å². The van der Waals surface area contributed by atoms with Crippen LogP contribution in [0.15, 0.2) is 97.1 Å². The maximum Gasteiger partial charge on any atom is 0.261 e. The van der Waals surface area contributed by atoms with Crippen molar-refractivity contribution in [1.82, 2.24) is 10.2 Å². The molecule has 0 saturated heterocycles. The lowest BCUT2D eigenvalue weighted by atomic mass is 10.0. The van der Waals surface area contributed by atoms with Gasteiger partial charge in [0.2, 0.25) is 5.91 Å². The Morgan fingerprint density at radius 1 is 0.895 bits per heavy atom. The summed E-state index contributed by atoms with van der Waals surface area (Å²) in [5, 5.41) is 5.58. The minimum atomic E-state index is -0.711. The van der Waals surface area contributed by atoms with Gasteiger partial charge in [-0.15, -0.1) is 0 Å². The second kappa shape index (κ2) is 13.6. The fourth-order valence-electron chi connectivity index (χ4n) is 4.44. The quantitative estimate of drug-likeness (QED) is 0.216. The van der Waals surface area contributed by atoms with E-state index in [9.17, 15) is 9.59 Å². The minimum absolute atomic E-state index is 0.178. The van der Waals surface area contributed by atoms with Gasteiger partial charge in [-0.3, -0.25) is 9.59 Å². The monoisotopic (exact) mass is 528 g/mol. The molecule has 0 aliphatic carbocycles. The summed E-state index contributed by atoms with van der Waals surface area (Å²) in [4.78, 5) is 28.9. The van der Waals surface area contributed by atoms with Gasteiger partial charge in [-0.05, 0) is 41.1 Å². The predicted molar refractivity (Wildman–Crippen MR) is 153 cm³/mol. The lowest BCUT2D eigenvalue weighted by molar-refractivity contribution is -0.142. The van der Waals surface area contributed by atoms with Gasteiger partial charge in [-0.25, -0.2) is 0 Å². The van der Waals surface area contributed by atoms with E-state index in [0.29, 0.717) is 23.7 Å². The van der Waals surface area contributed by atoms with E-state index < -0.39 is 6.04 Å². The Morgan fingerprint density at radius 2 is 1.61 bits per heavy atom. The third kappa shape index (κ3) is 7.36. The number of fused-ring (bicyclic) bond motifs is 1. The highest BCUT2D eigenvalue weighted by molar-refractivity contribution is 6.30. The second-order valence-electron chi connectivity index (χ2n) is 9.27. The molecule has 0 spiro atoms. The molecule has 38 heavy (non-hydrogen) atoms. The molecular formula is C32H33ClN2O3. The number of rotatable bonds is 12. The van der Waals surface area contributed by atoms with Crippen molar-refractivity contribution < 1.29 is 14.3 Å². The van der Waals surface area contributed by atoms with Crippen molar-refractivity contribution in [1.29, 1.82) is 0 Å². The van der Waals surface area contributed by atoms with Crippen LogP contribution in [0.5, 0.6) is 5.75 Å². The van der Waals surface area contributed by atoms with Crippen LogP contribution in [0.3, 0.4) is 0 Å². The fraction of sp³-hybridized carbons (Fsp3) is 0.250. The fourth-order valence-corrected chi connectivity index (χ4v) is 4.65. The number of ether oxygens (including phenoxy) is 1. The number of benzene rings is 4. The van der Waals surface area contributed by atoms with Crippen LogP contribution >= 0.6 is 11.6 Å². The summed E-state index contributed by atoms with van der Waals surface area (Å²) in [6, 6.07) is 30.1. The topological polar surface area (TPSA) is 58.6 Å². The Morgan fingerprint density at radius 3 is 2.39 bits per heavy atom. The number of amides is 2. The van der Waals surface area contributed by atoms with Crippen LogP contribution in [0.25, 0.3) is 10.8 Å². The molecular weight excluding hydrogens is 496 g/mol. The zero-order chi connectivity index (χ0) is 26.7. The zero-order valence-electron chi connectivity index (χ0n) is 21.6. The van der Waals surface area contributed by atoms with Crippen LogP contribution in [0.1, 0.15) is 30.9 Å². The van der Waals surface area contributed by atoms with E-state index in [-0.39, 0.29) is 25.0 Å². The standard InChI is InChI=1S/C32H33ClN2O3/c1-2-3-19-34-32(37)29(21-24-11-5-4-6-12-24)35(22-25-13-9-16-27(33)20-25)31(36)23-38-30-18-10-15-26-14-7-8-17-28(26)30/h4-18,20,29H,2-3,19,21-23H2,1H3,(H,34,37)/t29-/m1/s1. The van der Waals surface area contributed by atoms with Gasteiger partial charge in [0, 0.05) is 29.9 Å². The van der Waals surface area contributed by atoms with Crippen molar-refractivity contribution in [3.8, 4) is 5.75 Å². The third-order valence-electron chi connectivity index (χ3n) is 6.44. The molecule has 1 atom stereocenters. The number of hydrogen-bond donors (Lipinski definition) is 1. The summed E-state index contributed by atoms with van der Waals surface area (Å²) in [5.41, 5.74) is 1.82. The van der Waals surface area contributed by atoms with Crippen LogP contribution in [0.2, 0.25) is 5.02 Å². The van der Waals surface area contributed by atoms with Crippen molar-refractivity contribution in [2.24, 2.45) is 0 Å². The molecule has 2 amide bonds. The van der Waals surface area contributed by atoms with Crippen molar-refractivity contribution in [3.63, 3.8) is 0 Å². The first-order valence-electron chi connectivity index (χ1n) is 13.0. The van der Waals surface area contributed by atoms with Crippen molar-refractivity contribution in [2.75, 3.05) is 13.2 Å².